The topological polar surface area (TPSA) is 62.6 Å². The molecule has 1 unspecified atom stereocenters. The summed E-state index contributed by atoms with van der Waals surface area (Å²) in [5, 5.41) is 0. The van der Waals surface area contributed by atoms with Gasteiger partial charge in [0.05, 0.1) is 17.3 Å². The third-order valence-electron chi connectivity index (χ3n) is 4.39. The second kappa shape index (κ2) is 5.96. The van der Waals surface area contributed by atoms with Crippen molar-refractivity contribution >= 4 is 23.2 Å². The van der Waals surface area contributed by atoms with Gasteiger partial charge >= 0.3 is 0 Å². The molecule has 2 amide bonds. The number of nitrogens with zero attached hydrogens (tertiary/aromatic N) is 3. The highest BCUT2D eigenvalue weighted by Gasteiger charge is 2.32. The predicted octanol–water partition coefficient (Wildman–Crippen LogP) is 1.64. The van der Waals surface area contributed by atoms with Crippen LogP contribution in [0.3, 0.4) is 0 Å². The maximum Gasteiger partial charge on any atom is 0.275 e. The first-order chi connectivity index (χ1) is 11.4. The van der Waals surface area contributed by atoms with Crippen molar-refractivity contribution in [1.29, 1.82) is 0 Å². The molecule has 0 bridgehead atoms. The number of hydrogen-bond donors (Lipinski definition) is 0. The first kappa shape index (κ1) is 16.0. The zero-order valence-corrected chi connectivity index (χ0v) is 13.9. The van der Waals surface area contributed by atoms with Gasteiger partial charge in [-0.2, -0.15) is 0 Å². The van der Waals surface area contributed by atoms with Gasteiger partial charge in [0, 0.05) is 26.7 Å². The number of anilines is 2. The van der Waals surface area contributed by atoms with Crippen LogP contribution >= 0.6 is 0 Å². The van der Waals surface area contributed by atoms with Gasteiger partial charge in [0.25, 0.3) is 11.5 Å². The SMILES string of the molecule is CC1CN(C(=O)c2cccc(=O)n2C)c2ccccc2N(C)C1=O. The number of amides is 2. The van der Waals surface area contributed by atoms with Crippen LogP contribution in [0.1, 0.15) is 17.4 Å². The van der Waals surface area contributed by atoms with Crippen molar-refractivity contribution in [3.05, 3.63) is 58.5 Å². The lowest BCUT2D eigenvalue weighted by Gasteiger charge is -2.24. The molecule has 6 heteroatoms. The van der Waals surface area contributed by atoms with E-state index >= 15 is 0 Å². The Bertz CT molecular complexity index is 872. The summed E-state index contributed by atoms with van der Waals surface area (Å²) in [6, 6.07) is 11.9. The van der Waals surface area contributed by atoms with Crippen molar-refractivity contribution in [1.82, 2.24) is 4.57 Å². The number of para-hydroxylation sites is 2. The van der Waals surface area contributed by atoms with Crippen molar-refractivity contribution in [2.45, 2.75) is 6.92 Å². The molecule has 0 spiro atoms. The van der Waals surface area contributed by atoms with Gasteiger partial charge in [-0.05, 0) is 18.2 Å². The Morgan fingerprint density at radius 2 is 1.67 bits per heavy atom. The monoisotopic (exact) mass is 325 g/mol. The smallest absolute Gasteiger partial charge is 0.275 e. The largest absolute Gasteiger partial charge is 0.313 e. The summed E-state index contributed by atoms with van der Waals surface area (Å²) < 4.78 is 1.33. The maximum atomic E-state index is 13.1. The standard InChI is InChI=1S/C18H19N3O3/c1-12-11-21(18(24)15-9-6-10-16(22)19(15)2)14-8-5-4-7-13(14)20(3)17(12)23/h4-10,12H,11H2,1-3H3. The van der Waals surface area contributed by atoms with E-state index < -0.39 is 0 Å². The summed E-state index contributed by atoms with van der Waals surface area (Å²) in [6.07, 6.45) is 0. The fraction of sp³-hybridized carbons (Fsp3) is 0.278. The quantitative estimate of drug-likeness (QED) is 0.801. The highest BCUT2D eigenvalue weighted by Crippen LogP contribution is 2.33. The average molecular weight is 325 g/mol. The summed E-state index contributed by atoms with van der Waals surface area (Å²) in [5.74, 6) is -0.676. The number of hydrogen-bond acceptors (Lipinski definition) is 3. The highest BCUT2D eigenvalue weighted by molar-refractivity contribution is 6.10. The van der Waals surface area contributed by atoms with Gasteiger partial charge in [0.1, 0.15) is 5.69 Å². The molecule has 124 valence electrons. The Labute approximate surface area is 139 Å². The summed E-state index contributed by atoms with van der Waals surface area (Å²) in [6.45, 7) is 2.07. The molecule has 1 aromatic heterocycles. The lowest BCUT2D eigenvalue weighted by molar-refractivity contribution is -0.121. The van der Waals surface area contributed by atoms with Crippen LogP contribution in [0.2, 0.25) is 0 Å². The van der Waals surface area contributed by atoms with E-state index in [4.69, 9.17) is 0 Å². The van der Waals surface area contributed by atoms with Gasteiger partial charge in [0.2, 0.25) is 5.91 Å². The Kier molecular flexibility index (Phi) is 3.97. The highest BCUT2D eigenvalue weighted by atomic mass is 16.2. The molecular formula is C18H19N3O3. The van der Waals surface area contributed by atoms with Crippen LogP contribution < -0.4 is 15.4 Å². The molecule has 0 aliphatic carbocycles. The second-order valence-electron chi connectivity index (χ2n) is 6.01. The van der Waals surface area contributed by atoms with E-state index in [1.807, 2.05) is 24.3 Å². The number of benzene rings is 1. The van der Waals surface area contributed by atoms with Crippen LogP contribution in [-0.4, -0.2) is 30.0 Å². The van der Waals surface area contributed by atoms with E-state index in [1.165, 1.54) is 10.6 Å². The Morgan fingerprint density at radius 1 is 1.00 bits per heavy atom. The molecule has 0 fully saturated rings. The zero-order chi connectivity index (χ0) is 17.4. The zero-order valence-electron chi connectivity index (χ0n) is 13.9. The van der Waals surface area contributed by atoms with E-state index in [1.54, 1.807) is 43.0 Å². The molecule has 1 aliphatic rings. The number of carbonyl (C=O) groups is 2. The van der Waals surface area contributed by atoms with Gasteiger partial charge in [-0.1, -0.05) is 25.1 Å². The molecular weight excluding hydrogens is 306 g/mol. The number of rotatable bonds is 1. The fourth-order valence-corrected chi connectivity index (χ4v) is 2.98. The van der Waals surface area contributed by atoms with Gasteiger partial charge in [-0.3, -0.25) is 14.4 Å². The Hall–Kier alpha value is -2.89. The molecule has 1 aliphatic heterocycles. The fourth-order valence-electron chi connectivity index (χ4n) is 2.98. The van der Waals surface area contributed by atoms with Gasteiger partial charge < -0.3 is 14.4 Å². The number of pyridine rings is 1. The molecule has 3 rings (SSSR count). The van der Waals surface area contributed by atoms with E-state index in [9.17, 15) is 14.4 Å². The lowest BCUT2D eigenvalue weighted by atomic mass is 10.1. The molecule has 0 N–H and O–H groups in total. The Morgan fingerprint density at radius 3 is 2.38 bits per heavy atom. The van der Waals surface area contributed by atoms with Gasteiger partial charge in [-0.25, -0.2) is 0 Å². The maximum absolute atomic E-state index is 13.1. The predicted molar refractivity (Wildman–Crippen MR) is 92.4 cm³/mol. The third kappa shape index (κ3) is 2.50. The molecule has 1 atom stereocenters. The molecule has 24 heavy (non-hydrogen) atoms. The minimum atomic E-state index is -0.341. The first-order valence-electron chi connectivity index (χ1n) is 7.76. The van der Waals surface area contributed by atoms with E-state index in [2.05, 4.69) is 0 Å². The van der Waals surface area contributed by atoms with Crippen LogP contribution in [0.5, 0.6) is 0 Å². The average Bonchev–Trinajstić information content (AvgIpc) is 2.68. The third-order valence-corrected chi connectivity index (χ3v) is 4.39. The number of fused-ring (bicyclic) bond motifs is 1. The van der Waals surface area contributed by atoms with Crippen LogP contribution in [-0.2, 0) is 11.8 Å². The normalized spacial score (nSPS) is 17.5. The molecule has 2 aromatic rings. The van der Waals surface area contributed by atoms with Crippen LogP contribution in [0.15, 0.2) is 47.3 Å². The van der Waals surface area contributed by atoms with E-state index in [0.717, 1.165) is 0 Å². The van der Waals surface area contributed by atoms with Crippen molar-refractivity contribution < 1.29 is 9.59 Å². The second-order valence-corrected chi connectivity index (χ2v) is 6.01. The number of carbonyl (C=O) groups excluding carboxylic acids is 2. The molecule has 0 saturated heterocycles. The molecule has 6 nitrogen and oxygen atoms in total. The molecule has 0 saturated carbocycles. The van der Waals surface area contributed by atoms with Gasteiger partial charge in [-0.15, -0.1) is 0 Å². The van der Waals surface area contributed by atoms with Crippen LogP contribution in [0, 0.1) is 5.92 Å². The minimum absolute atomic E-state index is 0.0419. The molecule has 2 heterocycles. The summed E-state index contributed by atoms with van der Waals surface area (Å²) >= 11 is 0. The lowest BCUT2D eigenvalue weighted by Crippen LogP contribution is -2.39. The number of aromatic nitrogens is 1. The molecule has 0 radical (unpaired) electrons. The minimum Gasteiger partial charge on any atom is -0.313 e. The Balaban J connectivity index is 2.14. The van der Waals surface area contributed by atoms with Crippen molar-refractivity contribution in [3.63, 3.8) is 0 Å². The van der Waals surface area contributed by atoms with Crippen molar-refractivity contribution in [2.75, 3.05) is 23.4 Å². The van der Waals surface area contributed by atoms with Crippen LogP contribution in [0.25, 0.3) is 0 Å². The van der Waals surface area contributed by atoms with Crippen molar-refractivity contribution in [2.24, 2.45) is 13.0 Å². The van der Waals surface area contributed by atoms with Crippen molar-refractivity contribution in [3.8, 4) is 0 Å². The summed E-state index contributed by atoms with van der Waals surface area (Å²) in [5.41, 5.74) is 1.40. The molecule has 1 aromatic carbocycles. The summed E-state index contributed by atoms with van der Waals surface area (Å²) in [7, 11) is 3.28. The van der Waals surface area contributed by atoms with E-state index in [-0.39, 0.29) is 29.8 Å². The van der Waals surface area contributed by atoms with Gasteiger partial charge in [0.15, 0.2) is 0 Å². The van der Waals surface area contributed by atoms with E-state index in [0.29, 0.717) is 17.1 Å². The first-order valence-corrected chi connectivity index (χ1v) is 7.76. The van der Waals surface area contributed by atoms with Crippen LogP contribution in [0.4, 0.5) is 11.4 Å². The summed E-state index contributed by atoms with van der Waals surface area (Å²) in [4.78, 5) is 40.5.